The number of nitrogens with two attached hydrogens (primary N) is 1. The molecule has 2 N–H and O–H groups in total. The molecule has 72 valence electrons. The fourth-order valence-corrected chi connectivity index (χ4v) is 1.16. The zero-order chi connectivity index (χ0) is 8.27. The molecule has 1 aliphatic heterocycles. The van der Waals surface area contributed by atoms with E-state index in [0.717, 1.165) is 12.8 Å². The lowest BCUT2D eigenvalue weighted by Gasteiger charge is -2.26. The minimum absolute atomic E-state index is 0. The molecule has 1 aliphatic rings. The van der Waals surface area contributed by atoms with Crippen LogP contribution in [-0.4, -0.2) is 31.8 Å². The first-order valence-electron chi connectivity index (χ1n) is 3.70. The molecule has 0 amide bonds. The van der Waals surface area contributed by atoms with Gasteiger partial charge in [-0.1, -0.05) is 0 Å². The first-order chi connectivity index (χ1) is 5.25. The molecule has 4 nitrogen and oxygen atoms in total. The van der Waals surface area contributed by atoms with Gasteiger partial charge in [0.05, 0.1) is 7.11 Å². The second kappa shape index (κ2) is 5.35. The van der Waals surface area contributed by atoms with Crippen molar-refractivity contribution in [3.05, 3.63) is 0 Å². The van der Waals surface area contributed by atoms with E-state index in [9.17, 15) is 4.79 Å². The van der Waals surface area contributed by atoms with Crippen LogP contribution in [0, 0.1) is 0 Å². The quantitative estimate of drug-likeness (QED) is 0.603. The predicted molar refractivity (Wildman–Crippen MR) is 46.2 cm³/mol. The van der Waals surface area contributed by atoms with Gasteiger partial charge in [0.1, 0.15) is 0 Å². The summed E-state index contributed by atoms with van der Waals surface area (Å²) in [7, 11) is 1.34. The van der Waals surface area contributed by atoms with Crippen LogP contribution in [0.2, 0.25) is 0 Å². The zero-order valence-corrected chi connectivity index (χ0v) is 7.80. The summed E-state index contributed by atoms with van der Waals surface area (Å²) in [4.78, 5) is 11.0. The van der Waals surface area contributed by atoms with Gasteiger partial charge in [0.2, 0.25) is 0 Å². The Bertz CT molecular complexity index is 154. The van der Waals surface area contributed by atoms with Crippen molar-refractivity contribution in [1.29, 1.82) is 0 Å². The van der Waals surface area contributed by atoms with Crippen molar-refractivity contribution >= 4 is 18.4 Å². The largest absolute Gasteiger partial charge is 0.467 e. The van der Waals surface area contributed by atoms with Crippen molar-refractivity contribution in [3.63, 3.8) is 0 Å². The van der Waals surface area contributed by atoms with Crippen LogP contribution in [0.25, 0.3) is 0 Å². The van der Waals surface area contributed by atoms with Crippen LogP contribution in [0.1, 0.15) is 12.8 Å². The van der Waals surface area contributed by atoms with Gasteiger partial charge in [-0.3, -0.25) is 0 Å². The first kappa shape index (κ1) is 11.7. The standard InChI is InChI=1S/C7H13NO3.ClH/c1-10-7(9)6-5(8)3-2-4-11-6;/h5-6H,2-4,8H2,1H3;1H. The SMILES string of the molecule is COC(=O)C1OCCCC1N.Cl. The molecule has 0 spiro atoms. The van der Waals surface area contributed by atoms with Gasteiger partial charge in [-0.2, -0.15) is 0 Å². The van der Waals surface area contributed by atoms with Gasteiger partial charge in [-0.25, -0.2) is 4.79 Å². The Kier molecular flexibility index (Phi) is 5.20. The van der Waals surface area contributed by atoms with Crippen LogP contribution in [0.15, 0.2) is 0 Å². The van der Waals surface area contributed by atoms with E-state index in [1.165, 1.54) is 7.11 Å². The lowest BCUT2D eigenvalue weighted by Crippen LogP contribution is -2.46. The number of carbonyl (C=O) groups excluding carboxylic acids is 1. The van der Waals surface area contributed by atoms with E-state index >= 15 is 0 Å². The van der Waals surface area contributed by atoms with E-state index in [1.807, 2.05) is 0 Å². The number of halogens is 1. The highest BCUT2D eigenvalue weighted by atomic mass is 35.5. The number of ether oxygens (including phenoxy) is 2. The maximum absolute atomic E-state index is 11.0. The van der Waals surface area contributed by atoms with Crippen LogP contribution < -0.4 is 5.73 Å². The van der Waals surface area contributed by atoms with E-state index in [0.29, 0.717) is 6.61 Å². The predicted octanol–water partition coefficient (Wildman–Crippen LogP) is 0.0875. The minimum atomic E-state index is -0.547. The maximum Gasteiger partial charge on any atom is 0.336 e. The molecule has 0 saturated carbocycles. The van der Waals surface area contributed by atoms with Gasteiger partial charge in [-0.15, -0.1) is 12.4 Å². The van der Waals surface area contributed by atoms with Crippen molar-refractivity contribution in [2.24, 2.45) is 5.73 Å². The third kappa shape index (κ3) is 2.62. The lowest BCUT2D eigenvalue weighted by atomic mass is 10.0. The number of hydrogen-bond acceptors (Lipinski definition) is 4. The van der Waals surface area contributed by atoms with Crippen molar-refractivity contribution in [3.8, 4) is 0 Å². The van der Waals surface area contributed by atoms with Gasteiger partial charge in [0.25, 0.3) is 0 Å². The highest BCUT2D eigenvalue weighted by Gasteiger charge is 2.29. The minimum Gasteiger partial charge on any atom is -0.467 e. The summed E-state index contributed by atoms with van der Waals surface area (Å²) in [6.45, 7) is 0.605. The second-order valence-electron chi connectivity index (χ2n) is 2.62. The third-order valence-electron chi connectivity index (χ3n) is 1.80. The summed E-state index contributed by atoms with van der Waals surface area (Å²) in [6.07, 6.45) is 1.21. The molecule has 0 aromatic rings. The molecule has 0 aromatic carbocycles. The highest BCUT2D eigenvalue weighted by molar-refractivity contribution is 5.85. The summed E-state index contributed by atoms with van der Waals surface area (Å²) < 4.78 is 9.66. The summed E-state index contributed by atoms with van der Waals surface area (Å²) >= 11 is 0. The van der Waals surface area contributed by atoms with E-state index in [2.05, 4.69) is 4.74 Å². The Morgan fingerprint density at radius 1 is 1.67 bits per heavy atom. The molecule has 0 aliphatic carbocycles. The van der Waals surface area contributed by atoms with Crippen LogP contribution in [0.5, 0.6) is 0 Å². The molecular formula is C7H14ClNO3. The Labute approximate surface area is 77.8 Å². The average molecular weight is 196 g/mol. The van der Waals surface area contributed by atoms with Gasteiger partial charge < -0.3 is 15.2 Å². The molecule has 1 fully saturated rings. The Morgan fingerprint density at radius 2 is 2.33 bits per heavy atom. The second-order valence-corrected chi connectivity index (χ2v) is 2.62. The van der Waals surface area contributed by atoms with E-state index < -0.39 is 6.10 Å². The van der Waals surface area contributed by atoms with Gasteiger partial charge in [-0.05, 0) is 12.8 Å². The van der Waals surface area contributed by atoms with Gasteiger partial charge in [0.15, 0.2) is 6.10 Å². The number of esters is 1. The molecule has 5 heteroatoms. The van der Waals surface area contributed by atoms with E-state index in [1.54, 1.807) is 0 Å². The van der Waals surface area contributed by atoms with Crippen LogP contribution in [0.4, 0.5) is 0 Å². The topological polar surface area (TPSA) is 61.5 Å². The summed E-state index contributed by atoms with van der Waals surface area (Å²) in [5.41, 5.74) is 5.63. The van der Waals surface area contributed by atoms with E-state index in [4.69, 9.17) is 10.5 Å². The zero-order valence-electron chi connectivity index (χ0n) is 6.99. The molecule has 2 unspecified atom stereocenters. The first-order valence-corrected chi connectivity index (χ1v) is 3.70. The Balaban J connectivity index is 0.00000121. The molecule has 0 bridgehead atoms. The lowest BCUT2D eigenvalue weighted by molar-refractivity contribution is -0.158. The summed E-state index contributed by atoms with van der Waals surface area (Å²) in [5, 5.41) is 0. The van der Waals surface area contributed by atoms with Crippen LogP contribution in [0.3, 0.4) is 0 Å². The van der Waals surface area contributed by atoms with Gasteiger partial charge in [0, 0.05) is 12.6 Å². The molecule has 2 atom stereocenters. The fraction of sp³-hybridized carbons (Fsp3) is 0.857. The van der Waals surface area contributed by atoms with Gasteiger partial charge >= 0.3 is 5.97 Å². The smallest absolute Gasteiger partial charge is 0.336 e. The summed E-state index contributed by atoms with van der Waals surface area (Å²) in [6, 6.07) is -0.198. The normalized spacial score (nSPS) is 28.8. The van der Waals surface area contributed by atoms with Crippen molar-refractivity contribution in [1.82, 2.24) is 0 Å². The Morgan fingerprint density at radius 3 is 2.83 bits per heavy atom. The number of hydrogen-bond donors (Lipinski definition) is 1. The molecule has 12 heavy (non-hydrogen) atoms. The summed E-state index contributed by atoms with van der Waals surface area (Å²) in [5.74, 6) is -0.364. The van der Waals surface area contributed by atoms with Crippen LogP contribution in [-0.2, 0) is 14.3 Å². The molecule has 0 aromatic heterocycles. The Hall–Kier alpha value is -0.320. The number of methoxy groups -OCH3 is 1. The molecule has 0 radical (unpaired) electrons. The molecular weight excluding hydrogens is 182 g/mol. The number of rotatable bonds is 1. The average Bonchev–Trinajstić information content (AvgIpc) is 2.04. The fourth-order valence-electron chi connectivity index (χ4n) is 1.16. The molecule has 1 rings (SSSR count). The van der Waals surface area contributed by atoms with Crippen LogP contribution >= 0.6 is 12.4 Å². The third-order valence-corrected chi connectivity index (χ3v) is 1.80. The van der Waals surface area contributed by atoms with E-state index in [-0.39, 0.29) is 24.4 Å². The maximum atomic E-state index is 11.0. The van der Waals surface area contributed by atoms with Crippen molar-refractivity contribution in [2.45, 2.75) is 25.0 Å². The molecule has 1 saturated heterocycles. The highest BCUT2D eigenvalue weighted by Crippen LogP contribution is 2.12. The monoisotopic (exact) mass is 195 g/mol. The van der Waals surface area contributed by atoms with Crippen molar-refractivity contribution in [2.75, 3.05) is 13.7 Å². The van der Waals surface area contributed by atoms with Crippen molar-refractivity contribution < 1.29 is 14.3 Å². The number of carbonyl (C=O) groups is 1. The molecule has 1 heterocycles.